The number of aliphatic imine (C=N–C) groups is 1. The van der Waals surface area contributed by atoms with E-state index in [1.807, 2.05) is 0 Å². The lowest BCUT2D eigenvalue weighted by Crippen LogP contribution is -2.43. The van der Waals surface area contributed by atoms with Crippen LogP contribution in [0.25, 0.3) is 16.0 Å². The second-order valence-electron chi connectivity index (χ2n) is 5.72. The Hall–Kier alpha value is -3.47. The Morgan fingerprint density at radius 2 is 2.27 bits per heavy atom. The molecule has 0 saturated heterocycles. The van der Waals surface area contributed by atoms with Crippen LogP contribution in [0.2, 0.25) is 0 Å². The highest BCUT2D eigenvalue weighted by Crippen LogP contribution is 2.39. The highest BCUT2D eigenvalue weighted by Gasteiger charge is 2.24. The maximum atomic E-state index is 13.7. The minimum Gasteiger partial charge on any atom is -0.507 e. The first kappa shape index (κ1) is 17.4. The van der Waals surface area contributed by atoms with E-state index in [0.29, 0.717) is 24.7 Å². The molecule has 0 spiro atoms. The van der Waals surface area contributed by atoms with E-state index in [1.54, 1.807) is 6.92 Å². The van der Waals surface area contributed by atoms with Crippen molar-refractivity contribution < 1.29 is 14.3 Å². The lowest BCUT2D eigenvalue weighted by Gasteiger charge is -2.18. The van der Waals surface area contributed by atoms with Crippen LogP contribution in [0.3, 0.4) is 0 Å². The van der Waals surface area contributed by atoms with E-state index in [2.05, 4.69) is 25.5 Å². The summed E-state index contributed by atoms with van der Waals surface area (Å²) in [6.45, 7) is 10.3. The maximum absolute atomic E-state index is 13.7. The Balaban J connectivity index is 2.15. The first-order valence-corrected chi connectivity index (χ1v) is 7.97. The second-order valence-corrected chi connectivity index (χ2v) is 5.72. The Bertz CT molecular complexity index is 949. The summed E-state index contributed by atoms with van der Waals surface area (Å²) in [5.74, 6) is -1.26. The molecule has 7 nitrogen and oxygen atoms in total. The largest absolute Gasteiger partial charge is 0.507 e. The number of halogens is 1. The quantitative estimate of drug-likeness (QED) is 0.724. The van der Waals surface area contributed by atoms with E-state index in [0.717, 1.165) is 12.6 Å². The van der Waals surface area contributed by atoms with Gasteiger partial charge in [-0.2, -0.15) is 0 Å². The van der Waals surface area contributed by atoms with Gasteiger partial charge >= 0.3 is 0 Å². The van der Waals surface area contributed by atoms with E-state index in [9.17, 15) is 14.3 Å². The number of carbonyl (C=O) groups is 1. The van der Waals surface area contributed by atoms with Gasteiger partial charge in [0.15, 0.2) is 11.6 Å². The molecule has 0 fully saturated rings. The van der Waals surface area contributed by atoms with Gasteiger partial charge in [0.1, 0.15) is 11.6 Å². The van der Waals surface area contributed by atoms with Gasteiger partial charge < -0.3 is 10.4 Å². The predicted molar refractivity (Wildman–Crippen MR) is 94.7 cm³/mol. The van der Waals surface area contributed by atoms with Crippen molar-refractivity contribution in [2.24, 2.45) is 4.99 Å². The fourth-order valence-electron chi connectivity index (χ4n) is 2.72. The molecule has 0 saturated carbocycles. The van der Waals surface area contributed by atoms with Crippen LogP contribution in [0.4, 0.5) is 10.1 Å². The van der Waals surface area contributed by atoms with Gasteiger partial charge in [-0.15, -0.1) is 0 Å². The molecule has 0 radical (unpaired) electrons. The van der Waals surface area contributed by atoms with Crippen molar-refractivity contribution in [3.8, 4) is 16.9 Å². The molecule has 0 unspecified atom stereocenters. The fraction of sp³-hybridized carbons (Fsp3) is 0.222. The number of carbonyl (C=O) groups excluding carboxylic acids is 1. The van der Waals surface area contributed by atoms with Crippen LogP contribution in [0.1, 0.15) is 22.5 Å². The number of aromatic nitrogens is 1. The van der Waals surface area contributed by atoms with Gasteiger partial charge in [-0.25, -0.2) is 9.24 Å². The molecule has 0 bridgehead atoms. The normalized spacial score (nSPS) is 13.3. The number of benzene rings is 1. The molecule has 8 heteroatoms. The number of rotatable bonds is 2. The number of hydrogen-bond donors (Lipinski definition) is 3. The molecule has 26 heavy (non-hydrogen) atoms. The third-order valence-corrected chi connectivity index (χ3v) is 3.96. The van der Waals surface area contributed by atoms with Crippen LogP contribution in [-0.2, 0) is 0 Å². The van der Waals surface area contributed by atoms with Gasteiger partial charge in [0.2, 0.25) is 0 Å². The minimum absolute atomic E-state index is 0.113. The van der Waals surface area contributed by atoms with Crippen molar-refractivity contribution in [2.75, 3.05) is 13.1 Å². The van der Waals surface area contributed by atoms with Crippen LogP contribution in [0, 0.1) is 19.3 Å². The highest BCUT2D eigenvalue weighted by atomic mass is 19.1. The number of phenols is 1. The van der Waals surface area contributed by atoms with E-state index >= 15 is 0 Å². The van der Waals surface area contributed by atoms with Crippen molar-refractivity contribution in [1.29, 1.82) is 0 Å². The van der Waals surface area contributed by atoms with Crippen molar-refractivity contribution in [1.82, 2.24) is 15.6 Å². The monoisotopic (exact) mass is 353 g/mol. The van der Waals surface area contributed by atoms with Crippen LogP contribution < -0.4 is 10.6 Å². The Morgan fingerprint density at radius 1 is 1.46 bits per heavy atom. The van der Waals surface area contributed by atoms with Crippen LogP contribution in [0.15, 0.2) is 29.4 Å². The molecule has 0 atom stereocenters. The molecular weight excluding hydrogens is 337 g/mol. The summed E-state index contributed by atoms with van der Waals surface area (Å²) >= 11 is 0. The molecule has 1 aliphatic heterocycles. The Labute approximate surface area is 149 Å². The molecule has 2 heterocycles. The van der Waals surface area contributed by atoms with E-state index in [1.165, 1.54) is 18.2 Å². The van der Waals surface area contributed by atoms with Crippen LogP contribution in [0.5, 0.6) is 5.75 Å². The molecule has 3 rings (SSSR count). The fourth-order valence-corrected chi connectivity index (χ4v) is 2.72. The van der Waals surface area contributed by atoms with Gasteiger partial charge in [-0.05, 0) is 31.0 Å². The van der Waals surface area contributed by atoms with Crippen molar-refractivity contribution in [2.45, 2.75) is 13.3 Å². The number of aromatic hydroxyl groups is 1. The third-order valence-electron chi connectivity index (χ3n) is 3.96. The zero-order valence-electron chi connectivity index (χ0n) is 14.0. The van der Waals surface area contributed by atoms with Crippen LogP contribution >= 0.6 is 0 Å². The molecule has 3 N–H and O–H groups in total. The number of phenolic OH excluding ortho intramolecular Hbond substituents is 1. The van der Waals surface area contributed by atoms with Crippen LogP contribution in [-0.4, -0.2) is 35.0 Å². The minimum atomic E-state index is -0.639. The smallest absolute Gasteiger partial charge is 0.261 e. The topological polar surface area (TPSA) is 91.0 Å². The summed E-state index contributed by atoms with van der Waals surface area (Å²) in [6, 6.07) is 3.85. The van der Waals surface area contributed by atoms with E-state index < -0.39 is 11.7 Å². The number of guanidine groups is 1. The summed E-state index contributed by atoms with van der Waals surface area (Å²) < 4.78 is 13.7. The average Bonchev–Trinajstić information content (AvgIpc) is 2.64. The van der Waals surface area contributed by atoms with Gasteiger partial charge in [0.05, 0.1) is 18.3 Å². The Morgan fingerprint density at radius 3 is 2.96 bits per heavy atom. The number of pyridine rings is 1. The SMILES string of the molecule is [C-]#[N+]c1ccc(O)c(C(=O)NC2=NCCCN2)c1-c1cc(F)cnc1C. The summed E-state index contributed by atoms with van der Waals surface area (Å²) in [4.78, 5) is 24.3. The van der Waals surface area contributed by atoms with E-state index in [4.69, 9.17) is 6.57 Å². The molecule has 1 aromatic carbocycles. The standard InChI is InChI=1S/C18H16FN5O2/c1-10-12(8-11(19)9-23-10)15-13(20-2)4-5-14(25)16(15)17(26)24-18-21-6-3-7-22-18/h4-5,8-9,25H,3,6-7H2,1H3,(H2,21,22,24,26). The van der Waals surface area contributed by atoms with Crippen molar-refractivity contribution >= 4 is 17.6 Å². The summed E-state index contributed by atoms with van der Waals surface area (Å²) in [7, 11) is 0. The molecule has 1 amide bonds. The van der Waals surface area contributed by atoms with Gasteiger partial charge in [0, 0.05) is 24.3 Å². The van der Waals surface area contributed by atoms with Crippen molar-refractivity contribution in [3.63, 3.8) is 0 Å². The zero-order valence-corrected chi connectivity index (χ0v) is 14.0. The summed E-state index contributed by atoms with van der Waals surface area (Å²) in [5.41, 5.74) is 0.837. The first-order valence-electron chi connectivity index (χ1n) is 7.97. The molecule has 1 aromatic heterocycles. The predicted octanol–water partition coefficient (Wildman–Crippen LogP) is 2.53. The van der Waals surface area contributed by atoms with Gasteiger partial charge in [-0.1, -0.05) is 6.07 Å². The van der Waals surface area contributed by atoms with Gasteiger partial charge in [-0.3, -0.25) is 20.1 Å². The molecule has 2 aromatic rings. The third kappa shape index (κ3) is 3.32. The zero-order chi connectivity index (χ0) is 18.7. The van der Waals surface area contributed by atoms with E-state index in [-0.39, 0.29) is 28.1 Å². The molecule has 0 aliphatic carbocycles. The lowest BCUT2D eigenvalue weighted by atomic mass is 9.95. The molecular formula is C18H16FN5O2. The molecule has 1 aliphatic rings. The maximum Gasteiger partial charge on any atom is 0.261 e. The first-order chi connectivity index (χ1) is 12.5. The number of nitrogens with zero attached hydrogens (tertiary/aromatic N) is 3. The number of nitrogens with one attached hydrogen (secondary N) is 2. The number of amides is 1. The molecule has 132 valence electrons. The van der Waals surface area contributed by atoms with Gasteiger partial charge in [0.25, 0.3) is 5.91 Å². The lowest BCUT2D eigenvalue weighted by molar-refractivity contribution is 0.0973. The van der Waals surface area contributed by atoms with Crippen molar-refractivity contribution in [3.05, 3.63) is 52.9 Å². The summed E-state index contributed by atoms with van der Waals surface area (Å²) in [6.07, 6.45) is 1.91. The summed E-state index contributed by atoms with van der Waals surface area (Å²) in [5, 5.41) is 15.8. The Kier molecular flexibility index (Phi) is 4.80. The average molecular weight is 353 g/mol. The second kappa shape index (κ2) is 7.19. The number of aryl methyl sites for hydroxylation is 1. The highest BCUT2D eigenvalue weighted by molar-refractivity contribution is 6.12. The number of hydrogen-bond acceptors (Lipinski definition) is 5.